The summed E-state index contributed by atoms with van der Waals surface area (Å²) in [6, 6.07) is 0. The van der Waals surface area contributed by atoms with E-state index in [0.717, 1.165) is 19.3 Å². The first-order chi connectivity index (χ1) is 4.60. The fourth-order valence-electron chi connectivity index (χ4n) is 1.25. The van der Waals surface area contributed by atoms with Crippen molar-refractivity contribution in [3.05, 3.63) is 0 Å². The molecule has 0 aromatic heterocycles. The molecule has 1 rings (SSSR count). The van der Waals surface area contributed by atoms with Crippen LogP contribution in [0.25, 0.3) is 0 Å². The first-order valence-electron chi connectivity index (χ1n) is 3.94. The molecule has 0 aliphatic carbocycles. The van der Waals surface area contributed by atoms with E-state index in [-0.39, 0.29) is 0 Å². The highest BCUT2D eigenvalue weighted by molar-refractivity contribution is 4.75. The third-order valence-corrected chi connectivity index (χ3v) is 2.00. The van der Waals surface area contributed by atoms with E-state index in [2.05, 4.69) is 6.92 Å². The molecule has 1 N–H and O–H groups in total. The molecule has 0 amide bonds. The molecule has 1 aliphatic rings. The van der Waals surface area contributed by atoms with Gasteiger partial charge in [-0.1, -0.05) is 0 Å². The zero-order chi connectivity index (χ0) is 7.61. The average Bonchev–Trinajstić information content (AvgIpc) is 1.94. The van der Waals surface area contributed by atoms with Crippen molar-refractivity contribution < 1.29 is 9.84 Å². The minimum absolute atomic E-state index is 0.328. The molecule has 1 saturated heterocycles. The minimum Gasteiger partial charge on any atom is -0.388 e. The maximum atomic E-state index is 9.55. The maximum Gasteiger partial charge on any atom is 0.0852 e. The van der Waals surface area contributed by atoms with Gasteiger partial charge in [-0.05, 0) is 33.1 Å². The van der Waals surface area contributed by atoms with Crippen LogP contribution in [0, 0.1) is 0 Å². The van der Waals surface area contributed by atoms with Crippen LogP contribution in [0.2, 0.25) is 0 Å². The summed E-state index contributed by atoms with van der Waals surface area (Å²) < 4.78 is 5.37. The lowest BCUT2D eigenvalue weighted by Gasteiger charge is -2.19. The highest BCUT2D eigenvalue weighted by atomic mass is 16.5. The molecule has 1 aliphatic heterocycles. The molecule has 0 aromatic carbocycles. The molecule has 60 valence electrons. The van der Waals surface area contributed by atoms with Gasteiger partial charge in [-0.15, -0.1) is 0 Å². The Hall–Kier alpha value is -0.0800. The molecule has 0 bridgehead atoms. The first kappa shape index (κ1) is 8.02. The Kier molecular flexibility index (Phi) is 2.32. The molecule has 10 heavy (non-hydrogen) atoms. The van der Waals surface area contributed by atoms with Gasteiger partial charge in [-0.3, -0.25) is 0 Å². The summed E-state index contributed by atoms with van der Waals surface area (Å²) in [5, 5.41) is 9.55. The van der Waals surface area contributed by atoms with E-state index in [1.54, 1.807) is 0 Å². The standard InChI is InChI=1S/C8H16O2/c1-7-4-3-5-8(2,9)6-10-7/h7,9H,3-6H2,1-2H3. The van der Waals surface area contributed by atoms with E-state index in [9.17, 15) is 5.11 Å². The Labute approximate surface area is 62.2 Å². The molecule has 2 unspecified atom stereocenters. The van der Waals surface area contributed by atoms with Gasteiger partial charge in [0.15, 0.2) is 0 Å². The quantitative estimate of drug-likeness (QED) is 0.555. The fourth-order valence-corrected chi connectivity index (χ4v) is 1.25. The van der Waals surface area contributed by atoms with Crippen molar-refractivity contribution in [1.29, 1.82) is 0 Å². The molecular weight excluding hydrogens is 128 g/mol. The van der Waals surface area contributed by atoms with Crippen molar-refractivity contribution in [3.63, 3.8) is 0 Å². The predicted molar refractivity (Wildman–Crippen MR) is 39.9 cm³/mol. The molecule has 0 radical (unpaired) electrons. The van der Waals surface area contributed by atoms with Crippen molar-refractivity contribution in [1.82, 2.24) is 0 Å². The van der Waals surface area contributed by atoms with E-state index in [1.165, 1.54) is 0 Å². The van der Waals surface area contributed by atoms with Gasteiger partial charge in [-0.25, -0.2) is 0 Å². The highest BCUT2D eigenvalue weighted by Crippen LogP contribution is 2.20. The monoisotopic (exact) mass is 144 g/mol. The van der Waals surface area contributed by atoms with Gasteiger partial charge >= 0.3 is 0 Å². The van der Waals surface area contributed by atoms with E-state index in [4.69, 9.17) is 4.74 Å². The summed E-state index contributed by atoms with van der Waals surface area (Å²) in [7, 11) is 0. The van der Waals surface area contributed by atoms with Crippen LogP contribution < -0.4 is 0 Å². The first-order valence-corrected chi connectivity index (χ1v) is 3.94. The zero-order valence-corrected chi connectivity index (χ0v) is 6.76. The van der Waals surface area contributed by atoms with Crippen molar-refractivity contribution >= 4 is 0 Å². The summed E-state index contributed by atoms with van der Waals surface area (Å²) in [5.74, 6) is 0. The summed E-state index contributed by atoms with van der Waals surface area (Å²) in [6.45, 7) is 4.39. The van der Waals surface area contributed by atoms with E-state index < -0.39 is 5.60 Å². The Bertz CT molecular complexity index is 110. The fraction of sp³-hybridized carbons (Fsp3) is 1.00. The molecule has 0 spiro atoms. The van der Waals surface area contributed by atoms with Gasteiger partial charge in [0.2, 0.25) is 0 Å². The normalized spacial score (nSPS) is 42.9. The second kappa shape index (κ2) is 2.89. The average molecular weight is 144 g/mol. The molecule has 2 atom stereocenters. The largest absolute Gasteiger partial charge is 0.388 e. The van der Waals surface area contributed by atoms with Crippen LogP contribution >= 0.6 is 0 Å². The van der Waals surface area contributed by atoms with Crippen LogP contribution in [-0.2, 0) is 4.74 Å². The van der Waals surface area contributed by atoms with E-state index >= 15 is 0 Å². The van der Waals surface area contributed by atoms with Crippen molar-refractivity contribution in [3.8, 4) is 0 Å². The molecule has 2 nitrogen and oxygen atoms in total. The Morgan fingerprint density at radius 2 is 2.30 bits per heavy atom. The number of hydrogen-bond donors (Lipinski definition) is 1. The Balaban J connectivity index is 2.41. The Morgan fingerprint density at radius 1 is 1.60 bits per heavy atom. The van der Waals surface area contributed by atoms with Crippen molar-refractivity contribution in [2.75, 3.05) is 6.61 Å². The second-order valence-electron chi connectivity index (χ2n) is 3.51. The van der Waals surface area contributed by atoms with Crippen molar-refractivity contribution in [2.24, 2.45) is 0 Å². The van der Waals surface area contributed by atoms with Gasteiger partial charge in [-0.2, -0.15) is 0 Å². The van der Waals surface area contributed by atoms with Gasteiger partial charge in [0.05, 0.1) is 18.3 Å². The third kappa shape index (κ3) is 2.27. The van der Waals surface area contributed by atoms with Gasteiger partial charge < -0.3 is 9.84 Å². The maximum absolute atomic E-state index is 9.55. The molecule has 0 aromatic rings. The van der Waals surface area contributed by atoms with Gasteiger partial charge in [0.1, 0.15) is 0 Å². The lowest BCUT2D eigenvalue weighted by Crippen LogP contribution is -2.29. The number of ether oxygens (including phenoxy) is 1. The predicted octanol–water partition coefficient (Wildman–Crippen LogP) is 1.33. The number of aliphatic hydroxyl groups is 1. The minimum atomic E-state index is -0.579. The van der Waals surface area contributed by atoms with Gasteiger partial charge in [0.25, 0.3) is 0 Å². The molecule has 1 heterocycles. The lowest BCUT2D eigenvalue weighted by atomic mass is 10.0. The molecule has 0 saturated carbocycles. The summed E-state index contributed by atoms with van der Waals surface area (Å²) >= 11 is 0. The van der Waals surface area contributed by atoms with E-state index in [0.29, 0.717) is 12.7 Å². The molecule has 2 heteroatoms. The molecule has 1 fully saturated rings. The Morgan fingerprint density at radius 3 is 3.00 bits per heavy atom. The summed E-state index contributed by atoms with van der Waals surface area (Å²) in [6.07, 6.45) is 3.36. The van der Waals surface area contributed by atoms with Gasteiger partial charge in [0, 0.05) is 0 Å². The van der Waals surface area contributed by atoms with Crippen LogP contribution in [0.3, 0.4) is 0 Å². The SMILES string of the molecule is CC1CCCC(C)(O)CO1. The van der Waals surface area contributed by atoms with Crippen LogP contribution in [0.5, 0.6) is 0 Å². The zero-order valence-electron chi connectivity index (χ0n) is 6.76. The topological polar surface area (TPSA) is 29.5 Å². The third-order valence-electron chi connectivity index (χ3n) is 2.00. The smallest absolute Gasteiger partial charge is 0.0852 e. The highest BCUT2D eigenvalue weighted by Gasteiger charge is 2.24. The van der Waals surface area contributed by atoms with Crippen LogP contribution in [0.15, 0.2) is 0 Å². The summed E-state index contributed by atoms with van der Waals surface area (Å²) in [5.41, 5.74) is -0.579. The number of rotatable bonds is 0. The van der Waals surface area contributed by atoms with Crippen LogP contribution in [0.4, 0.5) is 0 Å². The van der Waals surface area contributed by atoms with E-state index in [1.807, 2.05) is 6.92 Å². The van der Waals surface area contributed by atoms with Crippen LogP contribution in [-0.4, -0.2) is 23.4 Å². The number of hydrogen-bond acceptors (Lipinski definition) is 2. The summed E-state index contributed by atoms with van der Waals surface area (Å²) in [4.78, 5) is 0. The van der Waals surface area contributed by atoms with Crippen LogP contribution in [0.1, 0.15) is 33.1 Å². The van der Waals surface area contributed by atoms with Crippen molar-refractivity contribution in [2.45, 2.75) is 44.8 Å². The second-order valence-corrected chi connectivity index (χ2v) is 3.51. The lowest BCUT2D eigenvalue weighted by molar-refractivity contribution is -0.0443. The molecular formula is C8H16O2.